The summed E-state index contributed by atoms with van der Waals surface area (Å²) in [6.45, 7) is 4.48. The zero-order valence-electron chi connectivity index (χ0n) is 12.5. The van der Waals surface area contributed by atoms with Gasteiger partial charge >= 0.3 is 0 Å². The second-order valence-corrected chi connectivity index (χ2v) is 6.31. The van der Waals surface area contributed by atoms with Gasteiger partial charge in [0.05, 0.1) is 6.04 Å². The topological polar surface area (TPSA) is 56.4 Å². The van der Waals surface area contributed by atoms with Crippen LogP contribution in [0.5, 0.6) is 0 Å². The Morgan fingerprint density at radius 1 is 1.26 bits per heavy atom. The Bertz CT molecular complexity index is 305. The third-order valence-electron chi connectivity index (χ3n) is 4.73. The van der Waals surface area contributed by atoms with Crippen molar-refractivity contribution in [3.8, 4) is 0 Å². The van der Waals surface area contributed by atoms with Gasteiger partial charge in [-0.1, -0.05) is 12.8 Å². The van der Waals surface area contributed by atoms with Gasteiger partial charge in [-0.3, -0.25) is 4.79 Å². The highest BCUT2D eigenvalue weighted by Gasteiger charge is 2.36. The molecule has 1 saturated heterocycles. The van der Waals surface area contributed by atoms with E-state index in [1.807, 2.05) is 0 Å². The molecule has 0 aromatic heterocycles. The molecule has 1 aliphatic carbocycles. The standard InChI is InChI=1S/C14H28N4O/c1-11-8-16-12(9-15-11)13(19)17-10-14(18(2)3)6-4-5-7-14/h11-12,15-16H,4-10H2,1-3H3,(H,17,19). The van der Waals surface area contributed by atoms with Crippen LogP contribution < -0.4 is 16.0 Å². The minimum Gasteiger partial charge on any atom is -0.353 e. The van der Waals surface area contributed by atoms with E-state index in [1.54, 1.807) is 0 Å². The molecule has 1 amide bonds. The highest BCUT2D eigenvalue weighted by molar-refractivity contribution is 5.82. The molecule has 0 aromatic carbocycles. The zero-order chi connectivity index (χ0) is 13.9. The smallest absolute Gasteiger partial charge is 0.238 e. The van der Waals surface area contributed by atoms with Gasteiger partial charge in [-0.15, -0.1) is 0 Å². The summed E-state index contributed by atoms with van der Waals surface area (Å²) in [5.41, 5.74) is 0.172. The molecule has 0 radical (unpaired) electrons. The van der Waals surface area contributed by atoms with Crippen LogP contribution in [0.4, 0.5) is 0 Å². The molecule has 1 heterocycles. The Balaban J connectivity index is 1.82. The number of likely N-dealkylation sites (N-methyl/N-ethyl adjacent to an activating group) is 1. The number of amides is 1. The molecule has 5 heteroatoms. The first-order valence-corrected chi connectivity index (χ1v) is 7.45. The maximum Gasteiger partial charge on any atom is 0.238 e. The summed E-state index contributed by atoms with van der Waals surface area (Å²) in [6, 6.07) is 0.365. The third kappa shape index (κ3) is 3.46. The van der Waals surface area contributed by atoms with Crippen molar-refractivity contribution in [2.24, 2.45) is 0 Å². The van der Waals surface area contributed by atoms with Crippen LogP contribution in [0.2, 0.25) is 0 Å². The predicted molar refractivity (Wildman–Crippen MR) is 77.2 cm³/mol. The van der Waals surface area contributed by atoms with E-state index < -0.39 is 0 Å². The maximum absolute atomic E-state index is 12.2. The fourth-order valence-corrected chi connectivity index (χ4v) is 3.16. The van der Waals surface area contributed by atoms with E-state index in [1.165, 1.54) is 25.7 Å². The SMILES string of the molecule is CC1CNC(C(=O)NCC2(N(C)C)CCCC2)CN1. The summed E-state index contributed by atoms with van der Waals surface area (Å²) in [4.78, 5) is 14.5. The van der Waals surface area contributed by atoms with Crippen molar-refractivity contribution in [2.75, 3.05) is 33.7 Å². The molecule has 110 valence electrons. The minimum absolute atomic E-state index is 0.0863. The number of nitrogens with zero attached hydrogens (tertiary/aromatic N) is 1. The first-order valence-electron chi connectivity index (χ1n) is 7.45. The second kappa shape index (κ2) is 6.20. The summed E-state index contributed by atoms with van der Waals surface area (Å²) in [5.74, 6) is 0.132. The lowest BCUT2D eigenvalue weighted by Crippen LogP contribution is -2.60. The van der Waals surface area contributed by atoms with Crippen molar-refractivity contribution >= 4 is 5.91 Å². The minimum atomic E-state index is -0.0863. The van der Waals surface area contributed by atoms with Gasteiger partial charge < -0.3 is 20.9 Å². The molecule has 5 nitrogen and oxygen atoms in total. The van der Waals surface area contributed by atoms with Gasteiger partial charge in [-0.25, -0.2) is 0 Å². The molecule has 2 unspecified atom stereocenters. The molecule has 0 bridgehead atoms. The summed E-state index contributed by atoms with van der Waals surface area (Å²) in [5, 5.41) is 9.79. The van der Waals surface area contributed by atoms with Crippen molar-refractivity contribution in [3.05, 3.63) is 0 Å². The Labute approximate surface area is 116 Å². The Kier molecular flexibility index (Phi) is 4.81. The van der Waals surface area contributed by atoms with E-state index in [0.29, 0.717) is 6.04 Å². The Morgan fingerprint density at radius 2 is 1.95 bits per heavy atom. The van der Waals surface area contributed by atoms with E-state index >= 15 is 0 Å². The molecule has 2 aliphatic rings. The average Bonchev–Trinajstić information content (AvgIpc) is 2.87. The Hall–Kier alpha value is -0.650. The van der Waals surface area contributed by atoms with Crippen LogP contribution in [-0.4, -0.2) is 62.2 Å². The number of carbonyl (C=O) groups excluding carboxylic acids is 1. The van der Waals surface area contributed by atoms with Gasteiger partial charge in [0.2, 0.25) is 5.91 Å². The normalized spacial score (nSPS) is 30.5. The molecular formula is C14H28N4O. The van der Waals surface area contributed by atoms with Crippen LogP contribution in [0.15, 0.2) is 0 Å². The Morgan fingerprint density at radius 3 is 2.47 bits per heavy atom. The number of hydrogen-bond acceptors (Lipinski definition) is 4. The van der Waals surface area contributed by atoms with Crippen LogP contribution >= 0.6 is 0 Å². The molecule has 1 saturated carbocycles. The summed E-state index contributed by atoms with van der Waals surface area (Å²) >= 11 is 0. The number of carbonyl (C=O) groups is 1. The fourth-order valence-electron chi connectivity index (χ4n) is 3.16. The highest BCUT2D eigenvalue weighted by Crippen LogP contribution is 2.33. The first kappa shape index (κ1) is 14.8. The molecule has 0 aromatic rings. The van der Waals surface area contributed by atoms with Gasteiger partial charge in [0, 0.05) is 31.2 Å². The molecule has 1 aliphatic heterocycles. The van der Waals surface area contributed by atoms with Gasteiger partial charge in [-0.05, 0) is 33.9 Å². The molecule has 2 atom stereocenters. The predicted octanol–water partition coefficient (Wildman–Crippen LogP) is -0.0731. The van der Waals surface area contributed by atoms with Crippen molar-refractivity contribution < 1.29 is 4.79 Å². The number of rotatable bonds is 4. The molecule has 2 fully saturated rings. The highest BCUT2D eigenvalue weighted by atomic mass is 16.2. The van der Waals surface area contributed by atoms with Crippen LogP contribution in [0, 0.1) is 0 Å². The largest absolute Gasteiger partial charge is 0.353 e. The third-order valence-corrected chi connectivity index (χ3v) is 4.73. The first-order chi connectivity index (χ1) is 9.03. The number of piperazine rings is 1. The molecule has 19 heavy (non-hydrogen) atoms. The number of nitrogens with one attached hydrogen (secondary N) is 3. The van der Waals surface area contributed by atoms with Gasteiger partial charge in [0.15, 0.2) is 0 Å². The van der Waals surface area contributed by atoms with Crippen LogP contribution in [0.3, 0.4) is 0 Å². The molecule has 0 spiro atoms. The van der Waals surface area contributed by atoms with Crippen molar-refractivity contribution in [2.45, 2.75) is 50.2 Å². The van der Waals surface area contributed by atoms with Crippen LogP contribution in [0.1, 0.15) is 32.6 Å². The lowest BCUT2D eigenvalue weighted by molar-refractivity contribution is -0.124. The van der Waals surface area contributed by atoms with Gasteiger partial charge in [0.1, 0.15) is 0 Å². The van der Waals surface area contributed by atoms with Crippen molar-refractivity contribution in [1.82, 2.24) is 20.9 Å². The second-order valence-electron chi connectivity index (χ2n) is 6.31. The fraction of sp³-hybridized carbons (Fsp3) is 0.929. The summed E-state index contributed by atoms with van der Waals surface area (Å²) < 4.78 is 0. The monoisotopic (exact) mass is 268 g/mol. The lowest BCUT2D eigenvalue weighted by Gasteiger charge is -2.37. The zero-order valence-corrected chi connectivity index (χ0v) is 12.5. The van der Waals surface area contributed by atoms with Crippen LogP contribution in [0.25, 0.3) is 0 Å². The van der Waals surface area contributed by atoms with Gasteiger partial charge in [0.25, 0.3) is 0 Å². The van der Waals surface area contributed by atoms with E-state index in [2.05, 4.69) is 41.9 Å². The molecule has 2 rings (SSSR count). The number of hydrogen-bond donors (Lipinski definition) is 3. The molecular weight excluding hydrogens is 240 g/mol. The summed E-state index contributed by atoms with van der Waals surface area (Å²) in [6.07, 6.45) is 4.92. The van der Waals surface area contributed by atoms with E-state index in [-0.39, 0.29) is 17.5 Å². The van der Waals surface area contributed by atoms with Crippen molar-refractivity contribution in [1.29, 1.82) is 0 Å². The van der Waals surface area contributed by atoms with Crippen molar-refractivity contribution in [3.63, 3.8) is 0 Å². The van der Waals surface area contributed by atoms with Crippen LogP contribution in [-0.2, 0) is 4.79 Å². The van der Waals surface area contributed by atoms with E-state index in [9.17, 15) is 4.79 Å². The van der Waals surface area contributed by atoms with E-state index in [4.69, 9.17) is 0 Å². The maximum atomic E-state index is 12.2. The average molecular weight is 268 g/mol. The lowest BCUT2D eigenvalue weighted by atomic mass is 9.96. The van der Waals surface area contributed by atoms with Gasteiger partial charge in [-0.2, -0.15) is 0 Å². The summed E-state index contributed by atoms with van der Waals surface area (Å²) in [7, 11) is 4.25. The quantitative estimate of drug-likeness (QED) is 0.668. The molecule has 3 N–H and O–H groups in total. The van der Waals surface area contributed by atoms with E-state index in [0.717, 1.165) is 19.6 Å².